The molecule has 1 aliphatic rings. The molecule has 1 aliphatic carbocycles. The molecule has 0 bridgehead atoms. The number of hydrogen-bond donors (Lipinski definition) is 1. The van der Waals surface area contributed by atoms with Gasteiger partial charge in [-0.3, -0.25) is 0 Å². The lowest BCUT2D eigenvalue weighted by molar-refractivity contribution is 0.0515. The maximum absolute atomic E-state index is 5.59. The molecule has 4 nitrogen and oxygen atoms in total. The quantitative estimate of drug-likeness (QED) is 0.463. The van der Waals surface area contributed by atoms with E-state index in [0.717, 1.165) is 38.8 Å². The Hall–Kier alpha value is -0.160. The predicted octanol–water partition coefficient (Wildman–Crippen LogP) is 2.37. The summed E-state index contributed by atoms with van der Waals surface area (Å²) in [7, 11) is 1.69. The zero-order valence-electron chi connectivity index (χ0n) is 12.5. The van der Waals surface area contributed by atoms with Gasteiger partial charge in [-0.2, -0.15) is 0 Å². The van der Waals surface area contributed by atoms with Gasteiger partial charge in [0.1, 0.15) is 0 Å². The van der Waals surface area contributed by atoms with Crippen molar-refractivity contribution in [1.82, 2.24) is 5.32 Å². The average Bonchev–Trinajstić information content (AvgIpc) is 2.69. The fourth-order valence-corrected chi connectivity index (χ4v) is 2.43. The van der Waals surface area contributed by atoms with Gasteiger partial charge < -0.3 is 19.5 Å². The van der Waals surface area contributed by atoms with Gasteiger partial charge in [0, 0.05) is 32.9 Å². The Morgan fingerprint density at radius 2 is 1.53 bits per heavy atom. The maximum atomic E-state index is 5.59. The zero-order valence-corrected chi connectivity index (χ0v) is 12.5. The fourth-order valence-electron chi connectivity index (χ4n) is 2.43. The molecule has 1 rings (SSSR count). The Labute approximate surface area is 118 Å². The van der Waals surface area contributed by atoms with E-state index in [1.165, 1.54) is 38.5 Å². The van der Waals surface area contributed by atoms with Crippen molar-refractivity contribution < 1.29 is 14.2 Å². The van der Waals surface area contributed by atoms with Crippen molar-refractivity contribution in [2.45, 2.75) is 51.0 Å². The molecule has 0 atom stereocenters. The van der Waals surface area contributed by atoms with Crippen molar-refractivity contribution in [2.24, 2.45) is 0 Å². The van der Waals surface area contributed by atoms with Gasteiger partial charge >= 0.3 is 0 Å². The lowest BCUT2D eigenvalue weighted by Gasteiger charge is -2.16. The SMILES string of the molecule is COCCOCCCOCCNC1CCCCCC1. The van der Waals surface area contributed by atoms with Crippen LogP contribution in [0.2, 0.25) is 0 Å². The van der Waals surface area contributed by atoms with Crippen molar-refractivity contribution in [3.8, 4) is 0 Å². The second-order valence-corrected chi connectivity index (χ2v) is 5.21. The van der Waals surface area contributed by atoms with E-state index in [4.69, 9.17) is 14.2 Å². The molecule has 0 aromatic rings. The van der Waals surface area contributed by atoms with E-state index in [-0.39, 0.29) is 0 Å². The van der Waals surface area contributed by atoms with E-state index in [1.807, 2.05) is 0 Å². The number of methoxy groups -OCH3 is 1. The second kappa shape index (κ2) is 12.9. The first-order valence-corrected chi connectivity index (χ1v) is 7.81. The molecule has 0 amide bonds. The van der Waals surface area contributed by atoms with E-state index in [2.05, 4.69) is 5.32 Å². The largest absolute Gasteiger partial charge is 0.382 e. The molecule has 4 heteroatoms. The van der Waals surface area contributed by atoms with Gasteiger partial charge in [0.25, 0.3) is 0 Å². The number of hydrogen-bond acceptors (Lipinski definition) is 4. The highest BCUT2D eigenvalue weighted by molar-refractivity contribution is 4.70. The highest BCUT2D eigenvalue weighted by atomic mass is 16.5. The summed E-state index contributed by atoms with van der Waals surface area (Å²) in [4.78, 5) is 0. The molecule has 0 heterocycles. The topological polar surface area (TPSA) is 39.7 Å². The predicted molar refractivity (Wildman–Crippen MR) is 77.6 cm³/mol. The van der Waals surface area contributed by atoms with Gasteiger partial charge in [-0.15, -0.1) is 0 Å². The monoisotopic (exact) mass is 273 g/mol. The first kappa shape index (κ1) is 16.9. The Kier molecular flexibility index (Phi) is 11.4. The minimum Gasteiger partial charge on any atom is -0.382 e. The van der Waals surface area contributed by atoms with Gasteiger partial charge in [0.15, 0.2) is 0 Å². The summed E-state index contributed by atoms with van der Waals surface area (Å²) in [5.74, 6) is 0. The van der Waals surface area contributed by atoms with Crippen molar-refractivity contribution in [3.63, 3.8) is 0 Å². The minimum absolute atomic E-state index is 0.673. The van der Waals surface area contributed by atoms with Crippen LogP contribution in [-0.2, 0) is 14.2 Å². The molecule has 0 radical (unpaired) electrons. The molecule has 0 aromatic heterocycles. The highest BCUT2D eigenvalue weighted by Gasteiger charge is 2.10. The highest BCUT2D eigenvalue weighted by Crippen LogP contribution is 2.16. The van der Waals surface area contributed by atoms with Crippen LogP contribution in [0.4, 0.5) is 0 Å². The molecule has 1 N–H and O–H groups in total. The van der Waals surface area contributed by atoms with Crippen LogP contribution in [0.25, 0.3) is 0 Å². The summed E-state index contributed by atoms with van der Waals surface area (Å²) in [6, 6.07) is 0.725. The van der Waals surface area contributed by atoms with Crippen molar-refractivity contribution in [1.29, 1.82) is 0 Å². The van der Waals surface area contributed by atoms with Crippen LogP contribution in [0.1, 0.15) is 44.9 Å². The fraction of sp³-hybridized carbons (Fsp3) is 1.00. The van der Waals surface area contributed by atoms with E-state index in [0.29, 0.717) is 13.2 Å². The molecule has 1 fully saturated rings. The Morgan fingerprint density at radius 3 is 2.21 bits per heavy atom. The summed E-state index contributed by atoms with van der Waals surface area (Å²) in [5, 5.41) is 3.61. The molecule has 114 valence electrons. The molecule has 0 unspecified atom stereocenters. The maximum Gasteiger partial charge on any atom is 0.0700 e. The summed E-state index contributed by atoms with van der Waals surface area (Å²) >= 11 is 0. The Morgan fingerprint density at radius 1 is 0.842 bits per heavy atom. The third kappa shape index (κ3) is 10.3. The summed E-state index contributed by atoms with van der Waals surface area (Å²) < 4.78 is 15.9. The molecule has 0 saturated heterocycles. The normalized spacial score (nSPS) is 17.5. The Balaban J connectivity index is 1.78. The molecule has 0 aliphatic heterocycles. The summed E-state index contributed by atoms with van der Waals surface area (Å²) in [6.45, 7) is 4.70. The van der Waals surface area contributed by atoms with Crippen LogP contribution in [-0.4, -0.2) is 52.7 Å². The number of rotatable bonds is 11. The van der Waals surface area contributed by atoms with Crippen molar-refractivity contribution >= 4 is 0 Å². The van der Waals surface area contributed by atoms with Crippen molar-refractivity contribution in [2.75, 3.05) is 46.7 Å². The molecule has 0 spiro atoms. The standard InChI is InChI=1S/C15H31NO3/c1-17-13-14-19-11-6-10-18-12-9-16-15-7-4-2-3-5-8-15/h15-16H,2-14H2,1H3. The van der Waals surface area contributed by atoms with Crippen LogP contribution in [0.15, 0.2) is 0 Å². The molecular weight excluding hydrogens is 242 g/mol. The van der Waals surface area contributed by atoms with Crippen LogP contribution < -0.4 is 5.32 Å². The number of ether oxygens (including phenoxy) is 3. The van der Waals surface area contributed by atoms with Gasteiger partial charge in [0.05, 0.1) is 19.8 Å². The van der Waals surface area contributed by atoms with E-state index in [1.54, 1.807) is 7.11 Å². The van der Waals surface area contributed by atoms with Crippen molar-refractivity contribution in [3.05, 3.63) is 0 Å². The number of nitrogens with one attached hydrogen (secondary N) is 1. The first-order chi connectivity index (χ1) is 9.43. The van der Waals surface area contributed by atoms with Gasteiger partial charge in [-0.05, 0) is 19.3 Å². The van der Waals surface area contributed by atoms with Crippen LogP contribution in [0, 0.1) is 0 Å². The zero-order chi connectivity index (χ0) is 13.6. The van der Waals surface area contributed by atoms with E-state index >= 15 is 0 Å². The molecule has 0 aromatic carbocycles. The molecule has 19 heavy (non-hydrogen) atoms. The van der Waals surface area contributed by atoms with Gasteiger partial charge in [0.2, 0.25) is 0 Å². The molecular formula is C15H31NO3. The van der Waals surface area contributed by atoms with E-state index < -0.39 is 0 Å². The second-order valence-electron chi connectivity index (χ2n) is 5.21. The first-order valence-electron chi connectivity index (χ1n) is 7.81. The van der Waals surface area contributed by atoms with Gasteiger partial charge in [-0.1, -0.05) is 25.7 Å². The third-order valence-corrected chi connectivity index (χ3v) is 3.54. The summed E-state index contributed by atoms with van der Waals surface area (Å²) in [5.41, 5.74) is 0. The smallest absolute Gasteiger partial charge is 0.0700 e. The molecule has 1 saturated carbocycles. The lowest BCUT2D eigenvalue weighted by Crippen LogP contribution is -2.31. The summed E-state index contributed by atoms with van der Waals surface area (Å²) in [6.07, 6.45) is 9.25. The van der Waals surface area contributed by atoms with Crippen LogP contribution >= 0.6 is 0 Å². The third-order valence-electron chi connectivity index (χ3n) is 3.54. The minimum atomic E-state index is 0.673. The van der Waals surface area contributed by atoms with Crippen LogP contribution in [0.5, 0.6) is 0 Å². The van der Waals surface area contributed by atoms with Gasteiger partial charge in [-0.25, -0.2) is 0 Å². The lowest BCUT2D eigenvalue weighted by atomic mass is 10.1. The van der Waals surface area contributed by atoms with E-state index in [9.17, 15) is 0 Å². The average molecular weight is 273 g/mol. The Bertz CT molecular complexity index is 182. The van der Waals surface area contributed by atoms with Crippen LogP contribution in [0.3, 0.4) is 0 Å².